The standard InChI is InChI=1S/C112H65N3OS4/c1-2-21-74(22-3-1)112(91-33-11-4-24-77(91)78-55-52-71(61-92(78)112)65-42-48-67(49-43-65)102-81-26-5-12-34-93(81)113-105-84-29-9-16-38-98(84)117-109(102)105)75-23-18-20-72(58-75)87-63-101-89(80-32-19-31-76(108(80)120-101)66-44-50-69(51-45-66)103-82-27-6-13-35-94(82)114-106-85-30-10-17-39-99(85)118-110(103)106)62-86(87)73-54-57-100-90(60-73)107-111(119-100)104(83-28-7-14-36-95(83)115-107)68-46-40-64(41-47-68)70-53-56-97-88(59-70)79-25-8-15-37-96(79)116-97/h1-8,10-28,30-63H,9,29H2. The molecule has 0 bridgehead atoms. The molecule has 26 rings (SSSR count). The van der Waals surface area contributed by atoms with Gasteiger partial charge in [-0.25, -0.2) is 15.0 Å². The highest BCUT2D eigenvalue weighted by Gasteiger charge is 2.46. The number of aromatic nitrogens is 3. The van der Waals surface area contributed by atoms with Gasteiger partial charge in [0.2, 0.25) is 0 Å². The Balaban J connectivity index is 0.644. The summed E-state index contributed by atoms with van der Waals surface area (Å²) in [6.45, 7) is 0. The predicted octanol–water partition coefficient (Wildman–Crippen LogP) is 32.2. The van der Waals surface area contributed by atoms with Gasteiger partial charge in [0.15, 0.2) is 0 Å². The Morgan fingerprint density at radius 3 is 1.48 bits per heavy atom. The molecule has 0 N–H and O–H groups in total. The molecule has 16 aromatic carbocycles. The van der Waals surface area contributed by atoms with E-state index in [0.29, 0.717) is 0 Å². The number of hydrogen-bond donors (Lipinski definition) is 0. The Bertz CT molecular complexity index is 8530. The maximum Gasteiger partial charge on any atom is 0.135 e. The van der Waals surface area contributed by atoms with Gasteiger partial charge in [-0.05, 0) is 209 Å². The Kier molecular flexibility index (Phi) is 15.0. The van der Waals surface area contributed by atoms with E-state index in [1.807, 2.05) is 57.5 Å². The molecule has 8 aromatic heterocycles. The molecule has 0 spiro atoms. The van der Waals surface area contributed by atoms with Gasteiger partial charge in [0.05, 0.1) is 52.6 Å². The van der Waals surface area contributed by atoms with E-state index < -0.39 is 5.41 Å². The Morgan fingerprint density at radius 2 is 0.750 bits per heavy atom. The van der Waals surface area contributed by atoms with Crippen molar-refractivity contribution in [3.63, 3.8) is 0 Å². The second-order valence-electron chi connectivity index (χ2n) is 32.1. The number of para-hydroxylation sites is 4. The summed E-state index contributed by atoms with van der Waals surface area (Å²) in [5, 5.41) is 10.5. The van der Waals surface area contributed by atoms with Gasteiger partial charge in [0.1, 0.15) is 11.2 Å². The lowest BCUT2D eigenvalue weighted by atomic mass is 9.67. The molecule has 0 saturated carbocycles. The van der Waals surface area contributed by atoms with Crippen molar-refractivity contribution < 1.29 is 4.42 Å². The Hall–Kier alpha value is -14.1. The van der Waals surface area contributed by atoms with Crippen molar-refractivity contribution in [2.75, 3.05) is 0 Å². The Morgan fingerprint density at radius 1 is 0.258 bits per heavy atom. The lowest BCUT2D eigenvalue weighted by molar-refractivity contribution is 0.669. The van der Waals surface area contributed by atoms with Gasteiger partial charge in [0.25, 0.3) is 0 Å². The van der Waals surface area contributed by atoms with Crippen LogP contribution in [-0.2, 0) is 11.8 Å². The lowest BCUT2D eigenvalue weighted by Crippen LogP contribution is -2.28. The summed E-state index contributed by atoms with van der Waals surface area (Å²) in [5.74, 6) is 0. The monoisotopic (exact) mass is 1600 g/mol. The number of furan rings is 1. The second kappa shape index (κ2) is 26.5. The van der Waals surface area contributed by atoms with E-state index in [-0.39, 0.29) is 0 Å². The zero-order valence-corrected chi connectivity index (χ0v) is 67.8. The quantitative estimate of drug-likeness (QED) is 0.137. The normalized spacial score (nSPS) is 13.9. The van der Waals surface area contributed by atoms with Gasteiger partial charge in [0, 0.05) is 88.8 Å². The molecule has 1 unspecified atom stereocenters. The molecule has 2 aliphatic rings. The molecule has 24 aromatic rings. The minimum absolute atomic E-state index is 0.709. The number of benzene rings is 16. The molecule has 0 radical (unpaired) electrons. The highest BCUT2D eigenvalue weighted by molar-refractivity contribution is 7.27. The van der Waals surface area contributed by atoms with Crippen LogP contribution in [0, 0.1) is 0 Å². The van der Waals surface area contributed by atoms with Crippen LogP contribution in [0.15, 0.2) is 368 Å². The van der Waals surface area contributed by atoms with Crippen LogP contribution >= 0.6 is 45.3 Å². The van der Waals surface area contributed by atoms with E-state index in [1.54, 1.807) is 0 Å². The van der Waals surface area contributed by atoms with Crippen LogP contribution in [0.4, 0.5) is 0 Å². The van der Waals surface area contributed by atoms with Crippen LogP contribution in [-0.4, -0.2) is 15.0 Å². The highest BCUT2D eigenvalue weighted by Crippen LogP contribution is 2.59. The first-order valence-corrected chi connectivity index (χ1v) is 44.3. The number of nitrogens with zero attached hydrogens (tertiary/aromatic N) is 3. The zero-order chi connectivity index (χ0) is 78.4. The second-order valence-corrected chi connectivity index (χ2v) is 36.3. The SMILES string of the molecule is C1=Cc2sc3c(-c4ccc(-c5ccc6c(c5)C(c5ccccc5)(c5cccc(-c7cc8sc9c(-c%10ccc(-c%11c%12ccccc%12nc%12c%11sc%11ccccc%11%12)cc%10)cccc9c8cc7-c7ccc8sc9c(-c%10ccc(-c%11ccc%12oc%13ccccc%13c%12c%11)cc%10)c%10ccccc%10nc9c8c7)c5)c5ccccc5-6)cc4)c4ccccc4nc3c2CC1. The van der Waals surface area contributed by atoms with Crippen molar-refractivity contribution in [3.05, 3.63) is 397 Å². The van der Waals surface area contributed by atoms with Crippen molar-refractivity contribution in [1.82, 2.24) is 15.0 Å². The molecule has 0 saturated heterocycles. The number of pyridine rings is 3. The molecular formula is C112H65N3OS4. The average molecular weight is 1600 g/mol. The van der Waals surface area contributed by atoms with Gasteiger partial charge < -0.3 is 4.42 Å². The summed E-state index contributed by atoms with van der Waals surface area (Å²) in [7, 11) is 0. The fourth-order valence-corrected chi connectivity index (χ4v) is 25.1. The molecule has 8 heteroatoms. The topological polar surface area (TPSA) is 51.8 Å². The molecule has 2 aliphatic carbocycles. The minimum Gasteiger partial charge on any atom is -0.456 e. The fourth-order valence-electron chi connectivity index (χ4n) is 20.1. The van der Waals surface area contributed by atoms with Crippen molar-refractivity contribution in [1.29, 1.82) is 0 Å². The van der Waals surface area contributed by atoms with Crippen molar-refractivity contribution >= 4 is 177 Å². The molecule has 0 aliphatic heterocycles. The first kappa shape index (κ1) is 68.0. The molecule has 4 nitrogen and oxygen atoms in total. The molecular weight excluding hydrogens is 1530 g/mol. The van der Waals surface area contributed by atoms with Crippen LogP contribution < -0.4 is 0 Å². The first-order chi connectivity index (χ1) is 59.4. The van der Waals surface area contributed by atoms with E-state index in [2.05, 4.69) is 358 Å². The number of rotatable bonds is 10. The lowest BCUT2D eigenvalue weighted by Gasteiger charge is -2.34. The number of hydrogen-bond acceptors (Lipinski definition) is 8. The summed E-state index contributed by atoms with van der Waals surface area (Å²) in [6, 6.07) is 134. The van der Waals surface area contributed by atoms with E-state index >= 15 is 0 Å². The van der Waals surface area contributed by atoms with Crippen LogP contribution in [0.2, 0.25) is 0 Å². The van der Waals surface area contributed by atoms with Crippen molar-refractivity contribution in [2.24, 2.45) is 0 Å². The number of fused-ring (bicyclic) bond motifs is 21. The third-order valence-corrected chi connectivity index (χ3v) is 30.4. The summed E-state index contributed by atoms with van der Waals surface area (Å²) in [6.07, 6.45) is 6.68. The highest BCUT2D eigenvalue weighted by atomic mass is 32.1. The molecule has 0 fully saturated rings. The van der Waals surface area contributed by atoms with E-state index in [9.17, 15) is 0 Å². The summed E-state index contributed by atoms with van der Waals surface area (Å²) < 4.78 is 14.9. The zero-order valence-electron chi connectivity index (χ0n) is 64.5. The van der Waals surface area contributed by atoms with E-state index in [0.717, 1.165) is 117 Å². The molecule has 558 valence electrons. The van der Waals surface area contributed by atoms with Gasteiger partial charge in [-0.3, -0.25) is 0 Å². The minimum atomic E-state index is -0.709. The third kappa shape index (κ3) is 10.2. The van der Waals surface area contributed by atoms with Crippen molar-refractivity contribution in [2.45, 2.75) is 18.3 Å². The number of aryl methyl sites for hydroxylation is 1. The largest absolute Gasteiger partial charge is 0.456 e. The number of thiophene rings is 4. The maximum absolute atomic E-state index is 6.26. The first-order valence-electron chi connectivity index (χ1n) is 41.0. The summed E-state index contributed by atoms with van der Waals surface area (Å²) in [4.78, 5) is 17.6. The maximum atomic E-state index is 6.26. The van der Waals surface area contributed by atoms with Gasteiger partial charge >= 0.3 is 0 Å². The molecule has 120 heavy (non-hydrogen) atoms. The fraction of sp³-hybridized carbons (Fsp3) is 0.0268. The predicted molar refractivity (Wildman–Crippen MR) is 512 cm³/mol. The number of allylic oxidation sites excluding steroid dienone is 1. The van der Waals surface area contributed by atoms with Crippen LogP contribution in [0.5, 0.6) is 0 Å². The van der Waals surface area contributed by atoms with Gasteiger partial charge in [-0.1, -0.05) is 285 Å². The summed E-state index contributed by atoms with van der Waals surface area (Å²) in [5.41, 5.74) is 35.0. The van der Waals surface area contributed by atoms with Crippen LogP contribution in [0.3, 0.4) is 0 Å². The molecule has 0 amide bonds. The Labute approximate surface area is 705 Å². The van der Waals surface area contributed by atoms with Crippen molar-refractivity contribution in [3.8, 4) is 100 Å². The van der Waals surface area contributed by atoms with Gasteiger partial charge in [-0.2, -0.15) is 0 Å². The molecule has 1 atom stereocenters. The van der Waals surface area contributed by atoms with Crippen LogP contribution in [0.25, 0.3) is 232 Å². The van der Waals surface area contributed by atoms with Crippen LogP contribution in [0.1, 0.15) is 39.1 Å². The summed E-state index contributed by atoms with van der Waals surface area (Å²) >= 11 is 7.46. The average Bonchev–Trinajstić information content (AvgIpc) is 1.53. The molecule has 8 heterocycles. The third-order valence-electron chi connectivity index (χ3n) is 25.7. The van der Waals surface area contributed by atoms with Gasteiger partial charge in [-0.15, -0.1) is 45.3 Å². The van der Waals surface area contributed by atoms with E-state index in [1.165, 1.54) is 154 Å². The van der Waals surface area contributed by atoms with E-state index in [4.69, 9.17) is 19.4 Å². The smallest absolute Gasteiger partial charge is 0.135 e.